The average molecular weight is 356 g/mol. The molecule has 0 aromatic heterocycles. The monoisotopic (exact) mass is 355 g/mol. The van der Waals surface area contributed by atoms with Crippen LogP contribution in [0.5, 0.6) is 5.75 Å². The van der Waals surface area contributed by atoms with E-state index in [4.69, 9.17) is 4.74 Å². The number of carbonyl (C=O) groups excluding carboxylic acids is 1. The largest absolute Gasteiger partial charge is 0.496 e. The molecule has 2 atom stereocenters. The Morgan fingerprint density at radius 2 is 2.33 bits per heavy atom. The Balaban J connectivity index is 2.20. The van der Waals surface area contributed by atoms with Gasteiger partial charge in [-0.05, 0) is 37.0 Å². The summed E-state index contributed by atoms with van der Waals surface area (Å²) in [6.07, 6.45) is 3.81. The number of benzene rings is 1. The molecular weight excluding hydrogens is 334 g/mol. The number of nitrogens with one attached hydrogen (secondary N) is 1. The van der Waals surface area contributed by atoms with Crippen molar-refractivity contribution >= 4 is 21.8 Å². The fourth-order valence-electron chi connectivity index (χ4n) is 3.12. The lowest BCUT2D eigenvalue weighted by molar-refractivity contribution is 0.0694. The summed E-state index contributed by atoms with van der Waals surface area (Å²) < 4.78 is 6.13. The highest BCUT2D eigenvalue weighted by molar-refractivity contribution is 9.10. The molecule has 0 spiro atoms. The van der Waals surface area contributed by atoms with Crippen LogP contribution in [-0.2, 0) is 0 Å². The van der Waals surface area contributed by atoms with Gasteiger partial charge in [-0.25, -0.2) is 0 Å². The van der Waals surface area contributed by atoms with Gasteiger partial charge in [0.05, 0.1) is 24.8 Å². The zero-order chi connectivity index (χ0) is 15.5. The predicted octanol–water partition coefficient (Wildman–Crippen LogP) is 3.13. The van der Waals surface area contributed by atoms with Gasteiger partial charge in [0.25, 0.3) is 5.91 Å². The molecule has 0 bridgehead atoms. The molecule has 1 aromatic rings. The third kappa shape index (κ3) is 3.77. The molecule has 116 valence electrons. The summed E-state index contributed by atoms with van der Waals surface area (Å²) in [5.74, 6) is 0.847. The Hall–Kier alpha value is -1.07. The molecular formula is C16H22BrNO3. The van der Waals surface area contributed by atoms with E-state index < -0.39 is 5.54 Å². The molecule has 4 nitrogen and oxygen atoms in total. The summed E-state index contributed by atoms with van der Waals surface area (Å²) in [4.78, 5) is 12.6. The molecule has 1 aliphatic carbocycles. The van der Waals surface area contributed by atoms with E-state index in [1.54, 1.807) is 19.2 Å². The average Bonchev–Trinajstić information content (AvgIpc) is 2.46. The van der Waals surface area contributed by atoms with Crippen molar-refractivity contribution in [3.8, 4) is 5.75 Å². The third-order valence-electron chi connectivity index (χ3n) is 4.18. The molecule has 0 saturated heterocycles. The Labute approximate surface area is 134 Å². The molecule has 5 heteroatoms. The van der Waals surface area contributed by atoms with Crippen molar-refractivity contribution in [2.45, 2.75) is 38.1 Å². The Kier molecular flexibility index (Phi) is 5.27. The number of hydrogen-bond donors (Lipinski definition) is 2. The van der Waals surface area contributed by atoms with E-state index in [1.165, 1.54) is 0 Å². The van der Waals surface area contributed by atoms with Crippen molar-refractivity contribution in [3.63, 3.8) is 0 Å². The van der Waals surface area contributed by atoms with Crippen molar-refractivity contribution < 1.29 is 14.6 Å². The van der Waals surface area contributed by atoms with Crippen LogP contribution in [0.25, 0.3) is 0 Å². The first-order valence-electron chi connectivity index (χ1n) is 7.26. The highest BCUT2D eigenvalue weighted by atomic mass is 79.9. The van der Waals surface area contributed by atoms with E-state index in [-0.39, 0.29) is 12.5 Å². The Bertz CT molecular complexity index is 520. The van der Waals surface area contributed by atoms with E-state index in [2.05, 4.69) is 28.2 Å². The zero-order valence-corrected chi connectivity index (χ0v) is 14.1. The highest BCUT2D eigenvalue weighted by Gasteiger charge is 2.36. The lowest BCUT2D eigenvalue weighted by atomic mass is 9.76. The molecule has 2 N–H and O–H groups in total. The zero-order valence-electron chi connectivity index (χ0n) is 12.5. The van der Waals surface area contributed by atoms with Crippen molar-refractivity contribution in [2.24, 2.45) is 5.92 Å². The van der Waals surface area contributed by atoms with Crippen LogP contribution in [0.3, 0.4) is 0 Å². The van der Waals surface area contributed by atoms with E-state index in [1.807, 2.05) is 6.07 Å². The first-order chi connectivity index (χ1) is 9.99. The maximum absolute atomic E-state index is 12.6. The molecule has 0 radical (unpaired) electrons. The van der Waals surface area contributed by atoms with Gasteiger partial charge < -0.3 is 15.2 Å². The molecule has 0 aliphatic heterocycles. The molecule has 1 aromatic carbocycles. The fourth-order valence-corrected chi connectivity index (χ4v) is 3.46. The van der Waals surface area contributed by atoms with Gasteiger partial charge in [0.2, 0.25) is 0 Å². The summed E-state index contributed by atoms with van der Waals surface area (Å²) >= 11 is 3.37. The molecule has 1 aliphatic rings. The van der Waals surface area contributed by atoms with Gasteiger partial charge in [0.1, 0.15) is 5.75 Å². The van der Waals surface area contributed by atoms with Gasteiger partial charge in [-0.15, -0.1) is 0 Å². The van der Waals surface area contributed by atoms with Gasteiger partial charge in [0.15, 0.2) is 0 Å². The number of aliphatic hydroxyl groups is 1. The summed E-state index contributed by atoms with van der Waals surface area (Å²) in [5, 5.41) is 12.8. The lowest BCUT2D eigenvalue weighted by Crippen LogP contribution is -2.53. The van der Waals surface area contributed by atoms with E-state index in [0.29, 0.717) is 17.2 Å². The number of rotatable bonds is 4. The molecule has 1 fully saturated rings. The number of hydrogen-bond acceptors (Lipinski definition) is 3. The van der Waals surface area contributed by atoms with Crippen LogP contribution in [0.2, 0.25) is 0 Å². The number of ether oxygens (including phenoxy) is 1. The fraction of sp³-hybridized carbons (Fsp3) is 0.562. The Morgan fingerprint density at radius 3 is 2.95 bits per heavy atom. The first-order valence-corrected chi connectivity index (χ1v) is 8.06. The van der Waals surface area contributed by atoms with E-state index in [9.17, 15) is 9.90 Å². The molecule has 0 heterocycles. The molecule has 1 amide bonds. The molecule has 21 heavy (non-hydrogen) atoms. The van der Waals surface area contributed by atoms with Crippen LogP contribution in [0.1, 0.15) is 43.0 Å². The maximum Gasteiger partial charge on any atom is 0.255 e. The topological polar surface area (TPSA) is 58.6 Å². The van der Waals surface area contributed by atoms with E-state index in [0.717, 1.165) is 30.2 Å². The van der Waals surface area contributed by atoms with Crippen LogP contribution < -0.4 is 10.1 Å². The standard InChI is InChI=1S/C16H22BrNO3/c1-11-4-3-7-16(9-11,10-19)18-15(20)13-6-5-12(17)8-14(13)21-2/h5-6,8,11,19H,3-4,7,9-10H2,1-2H3,(H,18,20). The highest BCUT2D eigenvalue weighted by Crippen LogP contribution is 2.33. The smallest absolute Gasteiger partial charge is 0.255 e. The number of aliphatic hydroxyl groups excluding tert-OH is 1. The second-order valence-corrected chi connectivity index (χ2v) is 6.85. The normalized spacial score (nSPS) is 25.4. The van der Waals surface area contributed by atoms with E-state index >= 15 is 0 Å². The van der Waals surface area contributed by atoms with Gasteiger partial charge in [-0.1, -0.05) is 35.7 Å². The van der Waals surface area contributed by atoms with Crippen LogP contribution in [0, 0.1) is 5.92 Å². The minimum Gasteiger partial charge on any atom is -0.496 e. The maximum atomic E-state index is 12.6. The molecule has 2 rings (SSSR count). The minimum absolute atomic E-state index is 0.0259. The van der Waals surface area contributed by atoms with Crippen molar-refractivity contribution in [2.75, 3.05) is 13.7 Å². The van der Waals surface area contributed by atoms with Crippen molar-refractivity contribution in [1.29, 1.82) is 0 Å². The second kappa shape index (κ2) is 6.79. The number of amides is 1. The van der Waals surface area contributed by atoms with Crippen LogP contribution in [0.15, 0.2) is 22.7 Å². The summed E-state index contributed by atoms with van der Waals surface area (Å²) in [7, 11) is 1.54. The molecule has 2 unspecified atom stereocenters. The lowest BCUT2D eigenvalue weighted by Gasteiger charge is -2.39. The van der Waals surface area contributed by atoms with Crippen molar-refractivity contribution in [3.05, 3.63) is 28.2 Å². The van der Waals surface area contributed by atoms with Crippen LogP contribution in [0.4, 0.5) is 0 Å². The summed E-state index contributed by atoms with van der Waals surface area (Å²) in [6, 6.07) is 5.31. The second-order valence-electron chi connectivity index (χ2n) is 5.94. The van der Waals surface area contributed by atoms with Gasteiger partial charge in [-0.3, -0.25) is 4.79 Å². The quantitative estimate of drug-likeness (QED) is 0.872. The van der Waals surface area contributed by atoms with Crippen LogP contribution >= 0.6 is 15.9 Å². The number of halogens is 1. The summed E-state index contributed by atoms with van der Waals surface area (Å²) in [6.45, 7) is 2.14. The summed E-state index contributed by atoms with van der Waals surface area (Å²) in [5.41, 5.74) is -0.0147. The third-order valence-corrected chi connectivity index (χ3v) is 4.67. The number of carbonyl (C=O) groups is 1. The van der Waals surface area contributed by atoms with Crippen LogP contribution in [-0.4, -0.2) is 30.3 Å². The van der Waals surface area contributed by atoms with Gasteiger partial charge in [-0.2, -0.15) is 0 Å². The minimum atomic E-state index is -0.507. The molecule has 1 saturated carbocycles. The SMILES string of the molecule is COc1cc(Br)ccc1C(=O)NC1(CO)CCCC(C)C1. The number of methoxy groups -OCH3 is 1. The van der Waals surface area contributed by atoms with Gasteiger partial charge in [0, 0.05) is 4.47 Å². The van der Waals surface area contributed by atoms with Gasteiger partial charge >= 0.3 is 0 Å². The van der Waals surface area contributed by atoms with Crippen molar-refractivity contribution in [1.82, 2.24) is 5.32 Å². The first kappa shape index (κ1) is 16.3. The Morgan fingerprint density at radius 1 is 1.57 bits per heavy atom. The predicted molar refractivity (Wildman–Crippen MR) is 85.6 cm³/mol.